The molecule has 3 amide bonds. The molecule has 5 rings (SSSR count). The summed E-state index contributed by atoms with van der Waals surface area (Å²) in [6.07, 6.45) is 4.71. The molecule has 0 bridgehead atoms. The lowest BCUT2D eigenvalue weighted by Crippen LogP contribution is -2.44. The van der Waals surface area contributed by atoms with Gasteiger partial charge in [0.25, 0.3) is 11.8 Å². The highest BCUT2D eigenvalue weighted by atomic mass is 35.5. The average molecular weight is 627 g/mol. The number of rotatable bonds is 8. The summed E-state index contributed by atoms with van der Waals surface area (Å²) >= 11 is 12.7. The third-order valence-electron chi connectivity index (χ3n) is 7.05. The number of H-pyrrole nitrogens is 2. The maximum Gasteiger partial charge on any atom is 0.407 e. The van der Waals surface area contributed by atoms with Crippen LogP contribution in [0.15, 0.2) is 48.9 Å². The SMILES string of the molecule is CC(C)(C)OC(=O)NCC1CCCN1C(=O)c1ccc(C(=O)NC(Cc2c[nH]cn2)c2nc3cc(Cl)ccc3[nH]2)cc1Cl. The summed E-state index contributed by atoms with van der Waals surface area (Å²) in [5.41, 5.74) is 2.16. The van der Waals surface area contributed by atoms with Crippen molar-refractivity contribution in [3.8, 4) is 0 Å². The fraction of sp³-hybridized carbons (Fsp3) is 0.367. The van der Waals surface area contributed by atoms with E-state index < -0.39 is 17.7 Å². The van der Waals surface area contributed by atoms with Gasteiger partial charge >= 0.3 is 6.09 Å². The van der Waals surface area contributed by atoms with Gasteiger partial charge in [-0.25, -0.2) is 14.8 Å². The number of nitrogens with one attached hydrogen (secondary N) is 4. The fourth-order valence-corrected chi connectivity index (χ4v) is 5.48. The maximum atomic E-state index is 13.4. The molecular formula is C30H33Cl2N7O4. The molecule has 2 atom stereocenters. The van der Waals surface area contributed by atoms with Crippen molar-refractivity contribution in [2.75, 3.05) is 13.1 Å². The minimum absolute atomic E-state index is 0.158. The Labute approximate surface area is 258 Å². The maximum absolute atomic E-state index is 13.4. The molecule has 2 unspecified atom stereocenters. The molecule has 43 heavy (non-hydrogen) atoms. The number of nitrogens with zero attached hydrogens (tertiary/aromatic N) is 3. The Kier molecular flexibility index (Phi) is 8.93. The second-order valence-electron chi connectivity index (χ2n) is 11.4. The van der Waals surface area contributed by atoms with Crippen molar-refractivity contribution in [2.24, 2.45) is 0 Å². The van der Waals surface area contributed by atoms with E-state index in [1.54, 1.807) is 62.5 Å². The lowest BCUT2D eigenvalue weighted by atomic mass is 10.1. The van der Waals surface area contributed by atoms with Crippen molar-refractivity contribution >= 4 is 52.1 Å². The Hall–Kier alpha value is -4.09. The van der Waals surface area contributed by atoms with Crippen molar-refractivity contribution in [1.29, 1.82) is 0 Å². The van der Waals surface area contributed by atoms with Crippen LogP contribution in [-0.4, -0.2) is 67.5 Å². The Balaban J connectivity index is 1.29. The number of aromatic amines is 2. The summed E-state index contributed by atoms with van der Waals surface area (Å²) in [6.45, 7) is 6.18. The van der Waals surface area contributed by atoms with Crippen LogP contribution >= 0.6 is 23.2 Å². The molecule has 1 fully saturated rings. The van der Waals surface area contributed by atoms with Crippen LogP contribution in [0.1, 0.15) is 71.9 Å². The summed E-state index contributed by atoms with van der Waals surface area (Å²) in [5, 5.41) is 6.49. The van der Waals surface area contributed by atoms with Crippen molar-refractivity contribution in [3.63, 3.8) is 0 Å². The third-order valence-corrected chi connectivity index (χ3v) is 7.60. The Morgan fingerprint density at radius 3 is 2.70 bits per heavy atom. The number of aromatic nitrogens is 4. The van der Waals surface area contributed by atoms with Crippen molar-refractivity contribution in [3.05, 3.63) is 81.6 Å². The van der Waals surface area contributed by atoms with Gasteiger partial charge in [-0.15, -0.1) is 0 Å². The highest BCUT2D eigenvalue weighted by molar-refractivity contribution is 6.34. The number of ether oxygens (including phenoxy) is 1. The molecule has 13 heteroatoms. The molecule has 11 nitrogen and oxygen atoms in total. The molecule has 1 aliphatic heterocycles. The number of imidazole rings is 2. The number of carbonyl (C=O) groups is 3. The summed E-state index contributed by atoms with van der Waals surface area (Å²) in [7, 11) is 0. The Morgan fingerprint density at radius 1 is 1.16 bits per heavy atom. The second-order valence-corrected chi connectivity index (χ2v) is 12.3. The standard InChI is InChI=1S/C30H33Cl2N7O4/c1-30(2,3)43-29(42)34-15-20-5-4-10-39(20)28(41)21-8-6-17(11-22(21)32)27(40)38-25(13-19-14-33-16-35-19)26-36-23-9-7-18(31)12-24(23)37-26/h6-9,11-12,14,16,20,25H,4-5,10,13,15H2,1-3H3,(H,33,35)(H,34,42)(H,36,37)(H,38,40). The molecule has 0 saturated carbocycles. The number of halogens is 2. The summed E-state index contributed by atoms with van der Waals surface area (Å²) in [4.78, 5) is 55.8. The first-order valence-electron chi connectivity index (χ1n) is 14.0. The Morgan fingerprint density at radius 2 is 1.98 bits per heavy atom. The van der Waals surface area contributed by atoms with Crippen LogP contribution in [0.25, 0.3) is 11.0 Å². The van der Waals surface area contributed by atoms with E-state index in [4.69, 9.17) is 27.9 Å². The number of alkyl carbamates (subject to hydrolysis) is 1. The fourth-order valence-electron chi connectivity index (χ4n) is 5.05. The zero-order valence-corrected chi connectivity index (χ0v) is 25.6. The van der Waals surface area contributed by atoms with Gasteiger partial charge in [-0.3, -0.25) is 9.59 Å². The molecule has 2 aromatic heterocycles. The van der Waals surface area contributed by atoms with Gasteiger partial charge in [-0.05, 0) is 70.0 Å². The summed E-state index contributed by atoms with van der Waals surface area (Å²) in [5.74, 6) is -0.102. The number of hydrogen-bond donors (Lipinski definition) is 4. The van der Waals surface area contributed by atoms with Crippen molar-refractivity contribution in [2.45, 2.75) is 57.7 Å². The highest BCUT2D eigenvalue weighted by Crippen LogP contribution is 2.26. The van der Waals surface area contributed by atoms with Gasteiger partial charge in [-0.1, -0.05) is 23.2 Å². The van der Waals surface area contributed by atoms with E-state index >= 15 is 0 Å². The first kappa shape index (κ1) is 30.4. The van der Waals surface area contributed by atoms with Crippen LogP contribution in [0.3, 0.4) is 0 Å². The first-order valence-corrected chi connectivity index (χ1v) is 14.7. The average Bonchev–Trinajstić information content (AvgIpc) is 3.71. The van der Waals surface area contributed by atoms with Gasteiger partial charge < -0.3 is 30.2 Å². The molecule has 0 radical (unpaired) electrons. The molecule has 1 aliphatic rings. The minimum atomic E-state index is -0.615. The van der Waals surface area contributed by atoms with E-state index in [-0.39, 0.29) is 40.6 Å². The van der Waals surface area contributed by atoms with Crippen molar-refractivity contribution in [1.82, 2.24) is 35.5 Å². The molecule has 226 valence electrons. The van der Waals surface area contributed by atoms with Crippen molar-refractivity contribution < 1.29 is 19.1 Å². The molecule has 4 N–H and O–H groups in total. The van der Waals surface area contributed by atoms with Crippen LogP contribution in [-0.2, 0) is 11.2 Å². The largest absolute Gasteiger partial charge is 0.444 e. The topological polar surface area (TPSA) is 145 Å². The van der Waals surface area contributed by atoms with E-state index in [2.05, 4.69) is 30.6 Å². The van der Waals surface area contributed by atoms with Crippen LogP contribution < -0.4 is 10.6 Å². The number of hydrogen-bond acceptors (Lipinski definition) is 6. The van der Waals surface area contributed by atoms with Gasteiger partial charge in [0.15, 0.2) is 0 Å². The van der Waals surface area contributed by atoms with Crippen LogP contribution in [0.5, 0.6) is 0 Å². The van der Waals surface area contributed by atoms with Gasteiger partial charge in [0.1, 0.15) is 11.4 Å². The van der Waals surface area contributed by atoms with Gasteiger partial charge in [-0.2, -0.15) is 0 Å². The van der Waals surface area contributed by atoms with E-state index in [1.165, 1.54) is 6.07 Å². The van der Waals surface area contributed by atoms with Crippen LogP contribution in [0.2, 0.25) is 10.0 Å². The summed E-state index contributed by atoms with van der Waals surface area (Å²) < 4.78 is 5.31. The van der Waals surface area contributed by atoms with E-state index in [0.29, 0.717) is 29.3 Å². The molecule has 1 saturated heterocycles. The minimum Gasteiger partial charge on any atom is -0.444 e. The highest BCUT2D eigenvalue weighted by Gasteiger charge is 2.31. The second kappa shape index (κ2) is 12.6. The zero-order valence-electron chi connectivity index (χ0n) is 24.0. The van der Waals surface area contributed by atoms with E-state index in [9.17, 15) is 14.4 Å². The predicted molar refractivity (Wildman–Crippen MR) is 163 cm³/mol. The van der Waals surface area contributed by atoms with Gasteiger partial charge in [0, 0.05) is 42.3 Å². The molecule has 3 heterocycles. The molecule has 2 aromatic carbocycles. The van der Waals surface area contributed by atoms with Gasteiger partial charge in [0.2, 0.25) is 0 Å². The number of benzene rings is 2. The molecule has 0 aliphatic carbocycles. The van der Waals surface area contributed by atoms with Crippen LogP contribution in [0, 0.1) is 0 Å². The smallest absolute Gasteiger partial charge is 0.407 e. The molecule has 0 spiro atoms. The van der Waals surface area contributed by atoms with Gasteiger partial charge in [0.05, 0.1) is 39.7 Å². The third kappa shape index (κ3) is 7.47. The lowest BCUT2D eigenvalue weighted by molar-refractivity contribution is 0.0501. The number of carbonyl (C=O) groups excluding carboxylic acids is 3. The predicted octanol–water partition coefficient (Wildman–Crippen LogP) is 5.44. The Bertz CT molecular complexity index is 1630. The van der Waals surface area contributed by atoms with E-state index in [1.807, 2.05) is 6.07 Å². The summed E-state index contributed by atoms with van der Waals surface area (Å²) in [6, 6.07) is 9.22. The zero-order chi connectivity index (χ0) is 30.7. The quantitative estimate of drug-likeness (QED) is 0.205. The first-order chi connectivity index (χ1) is 20.5. The normalized spacial score (nSPS) is 15.8. The number of amides is 3. The van der Waals surface area contributed by atoms with Crippen LogP contribution in [0.4, 0.5) is 4.79 Å². The monoisotopic (exact) mass is 625 g/mol. The van der Waals surface area contributed by atoms with E-state index in [0.717, 1.165) is 24.1 Å². The molecular weight excluding hydrogens is 593 g/mol. The number of likely N-dealkylation sites (tertiary alicyclic amines) is 1. The number of fused-ring (bicyclic) bond motifs is 1. The lowest BCUT2D eigenvalue weighted by Gasteiger charge is -2.26. The molecule has 4 aromatic rings.